The lowest BCUT2D eigenvalue weighted by Crippen LogP contribution is -2.64. The number of hydrogen-bond donors (Lipinski definition) is 2. The standard InChI is InChI=1S/C16H37N3/c1-8-14(9-2)15(18-5)16(13(3)4,19(6)7)11-10-12-17/h13-15,18H,8-12,17H2,1-7H3. The molecular weight excluding hydrogens is 234 g/mol. The number of rotatable bonds is 10. The average molecular weight is 271 g/mol. The summed E-state index contributed by atoms with van der Waals surface area (Å²) in [4.78, 5) is 2.44. The number of hydrogen-bond acceptors (Lipinski definition) is 3. The number of nitrogens with one attached hydrogen (secondary N) is 1. The number of likely N-dealkylation sites (N-methyl/N-ethyl adjacent to an activating group) is 2. The molecule has 3 N–H and O–H groups in total. The molecule has 19 heavy (non-hydrogen) atoms. The largest absolute Gasteiger partial charge is 0.330 e. The normalized spacial score (nSPS) is 17.2. The van der Waals surface area contributed by atoms with E-state index in [0.717, 1.165) is 19.4 Å². The van der Waals surface area contributed by atoms with Crippen molar-refractivity contribution < 1.29 is 0 Å². The van der Waals surface area contributed by atoms with Gasteiger partial charge in [-0.1, -0.05) is 40.5 Å². The van der Waals surface area contributed by atoms with Gasteiger partial charge in [-0.3, -0.25) is 0 Å². The van der Waals surface area contributed by atoms with E-state index in [1.54, 1.807) is 0 Å². The zero-order valence-electron chi connectivity index (χ0n) is 14.3. The molecule has 0 aliphatic rings. The Morgan fingerprint density at radius 1 is 1.16 bits per heavy atom. The van der Waals surface area contributed by atoms with Crippen molar-refractivity contribution in [3.63, 3.8) is 0 Å². The SMILES string of the molecule is CCC(CC)C(NC)C(CCCN)(C(C)C)N(C)C. The third kappa shape index (κ3) is 4.17. The van der Waals surface area contributed by atoms with Crippen molar-refractivity contribution in [3.8, 4) is 0 Å². The van der Waals surface area contributed by atoms with E-state index in [2.05, 4.69) is 59.1 Å². The summed E-state index contributed by atoms with van der Waals surface area (Å²) in [6.07, 6.45) is 4.71. The highest BCUT2D eigenvalue weighted by atomic mass is 15.2. The lowest BCUT2D eigenvalue weighted by Gasteiger charge is -2.52. The summed E-state index contributed by atoms with van der Waals surface area (Å²) in [6, 6.07) is 0.518. The van der Waals surface area contributed by atoms with Crippen LogP contribution in [0.3, 0.4) is 0 Å². The van der Waals surface area contributed by atoms with Gasteiger partial charge in [-0.2, -0.15) is 0 Å². The van der Waals surface area contributed by atoms with Gasteiger partial charge in [0.15, 0.2) is 0 Å². The Morgan fingerprint density at radius 3 is 1.95 bits per heavy atom. The van der Waals surface area contributed by atoms with Gasteiger partial charge in [-0.15, -0.1) is 0 Å². The fraction of sp³-hybridized carbons (Fsp3) is 1.00. The first-order chi connectivity index (χ1) is 8.92. The zero-order valence-corrected chi connectivity index (χ0v) is 14.3. The van der Waals surface area contributed by atoms with E-state index in [1.807, 2.05) is 0 Å². The minimum atomic E-state index is 0.185. The second kappa shape index (κ2) is 8.93. The molecule has 0 aliphatic heterocycles. The summed E-state index contributed by atoms with van der Waals surface area (Å²) in [7, 11) is 6.57. The van der Waals surface area contributed by atoms with Gasteiger partial charge in [0, 0.05) is 11.6 Å². The van der Waals surface area contributed by atoms with E-state index in [0.29, 0.717) is 17.9 Å². The van der Waals surface area contributed by atoms with Gasteiger partial charge in [0.1, 0.15) is 0 Å². The van der Waals surface area contributed by atoms with Crippen molar-refractivity contribution in [1.82, 2.24) is 10.2 Å². The highest BCUT2D eigenvalue weighted by molar-refractivity contribution is 5.03. The van der Waals surface area contributed by atoms with Crippen molar-refractivity contribution >= 4 is 0 Å². The second-order valence-electron chi connectivity index (χ2n) is 6.28. The minimum absolute atomic E-state index is 0.185. The molecule has 0 heterocycles. The molecule has 0 aromatic heterocycles. The summed E-state index contributed by atoms with van der Waals surface area (Å²) in [5.74, 6) is 1.32. The van der Waals surface area contributed by atoms with Crippen LogP contribution in [0, 0.1) is 11.8 Å². The summed E-state index contributed by atoms with van der Waals surface area (Å²) >= 11 is 0. The van der Waals surface area contributed by atoms with Crippen LogP contribution in [-0.4, -0.2) is 44.2 Å². The van der Waals surface area contributed by atoms with Crippen molar-refractivity contribution in [1.29, 1.82) is 0 Å². The van der Waals surface area contributed by atoms with Crippen molar-refractivity contribution in [2.45, 2.75) is 65.0 Å². The molecule has 2 unspecified atom stereocenters. The highest BCUT2D eigenvalue weighted by Crippen LogP contribution is 2.36. The number of nitrogens with zero attached hydrogens (tertiary/aromatic N) is 1. The molecule has 0 aromatic rings. The van der Waals surface area contributed by atoms with Crippen LogP contribution in [0.15, 0.2) is 0 Å². The van der Waals surface area contributed by atoms with Crippen molar-refractivity contribution in [2.75, 3.05) is 27.7 Å². The van der Waals surface area contributed by atoms with E-state index in [4.69, 9.17) is 5.73 Å². The molecular formula is C16H37N3. The molecule has 0 fully saturated rings. The summed E-state index contributed by atoms with van der Waals surface area (Å²) in [5, 5.41) is 3.63. The zero-order chi connectivity index (χ0) is 15.1. The quantitative estimate of drug-likeness (QED) is 0.642. The molecule has 0 aromatic carbocycles. The smallest absolute Gasteiger partial charge is 0.0382 e. The van der Waals surface area contributed by atoms with Gasteiger partial charge in [0.25, 0.3) is 0 Å². The molecule has 3 heteroatoms. The Labute approximate surface area is 121 Å². The van der Waals surface area contributed by atoms with E-state index in [1.165, 1.54) is 12.8 Å². The van der Waals surface area contributed by atoms with Crippen LogP contribution in [0.1, 0.15) is 53.4 Å². The molecule has 0 bridgehead atoms. The van der Waals surface area contributed by atoms with E-state index in [9.17, 15) is 0 Å². The van der Waals surface area contributed by atoms with Gasteiger partial charge in [-0.05, 0) is 52.4 Å². The first-order valence-electron chi connectivity index (χ1n) is 7.96. The van der Waals surface area contributed by atoms with Crippen molar-refractivity contribution in [2.24, 2.45) is 17.6 Å². The summed E-state index contributed by atoms with van der Waals surface area (Å²) in [5.41, 5.74) is 5.97. The Bertz CT molecular complexity index is 214. The third-order valence-corrected chi connectivity index (χ3v) is 4.98. The van der Waals surface area contributed by atoms with E-state index in [-0.39, 0.29) is 5.54 Å². The Hall–Kier alpha value is -0.120. The highest BCUT2D eigenvalue weighted by Gasteiger charge is 2.44. The Morgan fingerprint density at radius 2 is 1.68 bits per heavy atom. The summed E-state index contributed by atoms with van der Waals surface area (Å²) < 4.78 is 0. The van der Waals surface area contributed by atoms with Gasteiger partial charge in [0.05, 0.1) is 0 Å². The second-order valence-corrected chi connectivity index (χ2v) is 6.28. The van der Waals surface area contributed by atoms with Crippen LogP contribution >= 0.6 is 0 Å². The monoisotopic (exact) mass is 271 g/mol. The average Bonchev–Trinajstić information content (AvgIpc) is 2.37. The maximum Gasteiger partial charge on any atom is 0.0382 e. The van der Waals surface area contributed by atoms with Crippen LogP contribution in [0.5, 0.6) is 0 Å². The molecule has 116 valence electrons. The van der Waals surface area contributed by atoms with Gasteiger partial charge in [-0.25, -0.2) is 0 Å². The fourth-order valence-electron chi connectivity index (χ4n) is 3.86. The van der Waals surface area contributed by atoms with Crippen LogP contribution in [0.4, 0.5) is 0 Å². The number of nitrogens with two attached hydrogens (primary N) is 1. The van der Waals surface area contributed by atoms with Crippen LogP contribution in [0.25, 0.3) is 0 Å². The third-order valence-electron chi connectivity index (χ3n) is 4.98. The van der Waals surface area contributed by atoms with Gasteiger partial charge < -0.3 is 16.0 Å². The molecule has 0 saturated heterocycles. The van der Waals surface area contributed by atoms with Crippen LogP contribution in [0.2, 0.25) is 0 Å². The van der Waals surface area contributed by atoms with Crippen LogP contribution < -0.4 is 11.1 Å². The van der Waals surface area contributed by atoms with Gasteiger partial charge >= 0.3 is 0 Å². The van der Waals surface area contributed by atoms with Crippen molar-refractivity contribution in [3.05, 3.63) is 0 Å². The first-order valence-corrected chi connectivity index (χ1v) is 7.96. The van der Waals surface area contributed by atoms with Gasteiger partial charge in [0.2, 0.25) is 0 Å². The predicted molar refractivity (Wildman–Crippen MR) is 86.5 cm³/mol. The predicted octanol–water partition coefficient (Wildman–Crippen LogP) is 2.71. The van der Waals surface area contributed by atoms with Crippen LogP contribution in [-0.2, 0) is 0 Å². The molecule has 0 amide bonds. The molecule has 0 rings (SSSR count). The Kier molecular flexibility index (Phi) is 8.88. The molecule has 2 atom stereocenters. The topological polar surface area (TPSA) is 41.3 Å². The molecule has 3 nitrogen and oxygen atoms in total. The maximum atomic E-state index is 5.78. The molecule has 0 radical (unpaired) electrons. The van der Waals surface area contributed by atoms with E-state index < -0.39 is 0 Å². The lowest BCUT2D eigenvalue weighted by atomic mass is 9.69. The fourth-order valence-corrected chi connectivity index (χ4v) is 3.86. The lowest BCUT2D eigenvalue weighted by molar-refractivity contribution is 0.0173. The molecule has 0 aliphatic carbocycles. The Balaban J connectivity index is 5.47. The molecule has 0 saturated carbocycles. The molecule has 0 spiro atoms. The minimum Gasteiger partial charge on any atom is -0.330 e. The summed E-state index contributed by atoms with van der Waals surface area (Å²) in [6.45, 7) is 10.1. The maximum absolute atomic E-state index is 5.78. The first kappa shape index (κ1) is 18.9. The van der Waals surface area contributed by atoms with E-state index >= 15 is 0 Å².